The molecule has 2 fully saturated rings. The largest absolute Gasteiger partial charge is 0.457 e. The second kappa shape index (κ2) is 19.9. The number of carbonyl (C=O) groups excluding carboxylic acids is 2. The van der Waals surface area contributed by atoms with Crippen molar-refractivity contribution >= 4 is 88.9 Å². The third kappa shape index (κ3) is 10.00. The predicted octanol–water partition coefficient (Wildman–Crippen LogP) is 12.9. The van der Waals surface area contributed by atoms with Gasteiger partial charge in [-0.2, -0.15) is 0 Å². The van der Waals surface area contributed by atoms with Crippen molar-refractivity contribution < 1.29 is 19.1 Å². The van der Waals surface area contributed by atoms with Crippen molar-refractivity contribution in [2.24, 2.45) is 0 Å². The first-order valence-electron chi connectivity index (χ1n) is 21.2. The van der Waals surface area contributed by atoms with E-state index < -0.39 is 0 Å². The molecule has 0 saturated heterocycles. The average molecular weight is 1020 g/mol. The van der Waals surface area contributed by atoms with Gasteiger partial charge >= 0.3 is 11.9 Å². The van der Waals surface area contributed by atoms with Crippen LogP contribution in [0.3, 0.4) is 0 Å². The Bertz CT molecular complexity index is 2740. The van der Waals surface area contributed by atoms with Crippen LogP contribution in [0.2, 0.25) is 0 Å². The monoisotopic (exact) mass is 1010 g/mol. The number of benzene rings is 6. The summed E-state index contributed by atoms with van der Waals surface area (Å²) in [5.74, 6) is 1.06. The number of hydrogen-bond donors (Lipinski definition) is 0. The smallest absolute Gasteiger partial charge is 0.316 e. The second-order valence-corrected chi connectivity index (χ2v) is 19.1. The standard InChI is InChI=1S/2C25H22BrN3O2S/c2*1-16(17-7-3-2-4-8-17)31-23(30)15-32-25-28-27-24(26)29(25)22-14-13-19(18-11-12-18)20-9-5-6-10-21(20)22/h2*2-10,13-14,16,18H,11-12,15H2,1H3/t2*16-/m11/s1. The Balaban J connectivity index is 0.000000162. The number of carbonyl (C=O) groups is 2. The molecule has 0 bridgehead atoms. The zero-order chi connectivity index (χ0) is 44.2. The van der Waals surface area contributed by atoms with Crippen LogP contribution >= 0.6 is 55.4 Å². The van der Waals surface area contributed by atoms with E-state index in [1.54, 1.807) is 0 Å². The molecule has 2 aliphatic carbocycles. The van der Waals surface area contributed by atoms with Gasteiger partial charge in [-0.1, -0.05) is 145 Å². The van der Waals surface area contributed by atoms with Crippen molar-refractivity contribution in [3.63, 3.8) is 0 Å². The summed E-state index contributed by atoms with van der Waals surface area (Å²) in [5, 5.41) is 23.1. The van der Waals surface area contributed by atoms with Crippen molar-refractivity contribution in [1.29, 1.82) is 0 Å². The number of ether oxygens (including phenoxy) is 2. The van der Waals surface area contributed by atoms with Gasteiger partial charge in [0.05, 0.1) is 22.9 Å². The Morgan fingerprint density at radius 3 is 1.27 bits per heavy atom. The Kier molecular flexibility index (Phi) is 13.6. The van der Waals surface area contributed by atoms with Gasteiger partial charge in [0, 0.05) is 10.8 Å². The van der Waals surface area contributed by atoms with E-state index in [1.165, 1.54) is 71.1 Å². The highest BCUT2D eigenvalue weighted by molar-refractivity contribution is 9.10. The van der Waals surface area contributed by atoms with Gasteiger partial charge in [-0.15, -0.1) is 20.4 Å². The van der Waals surface area contributed by atoms with Crippen molar-refractivity contribution in [3.8, 4) is 11.4 Å². The number of halogens is 2. The quantitative estimate of drug-likeness (QED) is 0.0770. The van der Waals surface area contributed by atoms with Crippen LogP contribution < -0.4 is 0 Å². The van der Waals surface area contributed by atoms with Crippen LogP contribution in [0.15, 0.2) is 153 Å². The number of fused-ring (bicyclic) bond motifs is 2. The lowest BCUT2D eigenvalue weighted by Crippen LogP contribution is -2.11. The van der Waals surface area contributed by atoms with Crippen molar-refractivity contribution in [2.75, 3.05) is 11.5 Å². The summed E-state index contributed by atoms with van der Waals surface area (Å²) in [6.07, 6.45) is 4.42. The third-order valence-electron chi connectivity index (χ3n) is 11.4. The van der Waals surface area contributed by atoms with Crippen LogP contribution in [-0.4, -0.2) is 53.0 Å². The van der Waals surface area contributed by atoms with Gasteiger partial charge in [-0.25, -0.2) is 0 Å². The zero-order valence-electron chi connectivity index (χ0n) is 35.1. The Labute approximate surface area is 396 Å². The number of rotatable bonds is 14. The van der Waals surface area contributed by atoms with Gasteiger partial charge < -0.3 is 9.47 Å². The molecule has 10 rings (SSSR count). The van der Waals surface area contributed by atoms with E-state index in [9.17, 15) is 9.59 Å². The van der Waals surface area contributed by atoms with Gasteiger partial charge in [0.2, 0.25) is 9.47 Å². The van der Waals surface area contributed by atoms with Crippen LogP contribution in [-0.2, 0) is 19.1 Å². The molecule has 0 N–H and O–H groups in total. The minimum Gasteiger partial charge on any atom is -0.457 e. The normalized spacial score (nSPS) is 14.4. The minimum atomic E-state index is -0.298. The Morgan fingerprint density at radius 2 is 0.891 bits per heavy atom. The third-order valence-corrected chi connectivity index (χ3v) is 14.2. The summed E-state index contributed by atoms with van der Waals surface area (Å²) < 4.78 is 16.3. The molecule has 0 radical (unpaired) electrons. The molecule has 6 aromatic carbocycles. The first-order valence-corrected chi connectivity index (χ1v) is 24.8. The first kappa shape index (κ1) is 43.9. The van der Waals surface area contributed by atoms with Gasteiger partial charge in [0.1, 0.15) is 12.2 Å². The summed E-state index contributed by atoms with van der Waals surface area (Å²) in [6.45, 7) is 3.76. The topological polar surface area (TPSA) is 114 Å². The molecule has 10 nitrogen and oxygen atoms in total. The summed E-state index contributed by atoms with van der Waals surface area (Å²) in [4.78, 5) is 25.0. The summed E-state index contributed by atoms with van der Waals surface area (Å²) in [6, 6.07) is 45.0. The number of esters is 2. The van der Waals surface area contributed by atoms with Crippen LogP contribution in [0.25, 0.3) is 32.9 Å². The maximum Gasteiger partial charge on any atom is 0.316 e. The van der Waals surface area contributed by atoms with E-state index in [1.807, 2.05) is 83.6 Å². The maximum atomic E-state index is 12.5. The lowest BCUT2D eigenvalue weighted by molar-refractivity contribution is -0.146. The van der Waals surface area contributed by atoms with Gasteiger partial charge in [-0.05, 0) is 128 Å². The molecule has 2 atom stereocenters. The Morgan fingerprint density at radius 1 is 0.531 bits per heavy atom. The number of hydrogen-bond acceptors (Lipinski definition) is 10. The predicted molar refractivity (Wildman–Crippen MR) is 260 cm³/mol. The van der Waals surface area contributed by atoms with E-state index in [0.29, 0.717) is 31.6 Å². The van der Waals surface area contributed by atoms with Gasteiger partial charge in [-0.3, -0.25) is 18.7 Å². The molecule has 2 saturated carbocycles. The van der Waals surface area contributed by atoms with Crippen molar-refractivity contribution in [2.45, 2.75) is 73.9 Å². The van der Waals surface area contributed by atoms with Crippen molar-refractivity contribution in [3.05, 3.63) is 165 Å². The van der Waals surface area contributed by atoms with Crippen molar-refractivity contribution in [1.82, 2.24) is 29.5 Å². The first-order chi connectivity index (χ1) is 31.2. The average Bonchev–Trinajstić information content (AvgIpc) is 4.27. The maximum absolute atomic E-state index is 12.5. The highest BCUT2D eigenvalue weighted by atomic mass is 79.9. The molecule has 0 amide bonds. The summed E-state index contributed by atoms with van der Waals surface area (Å²) in [5.41, 5.74) is 6.74. The number of nitrogens with zero attached hydrogens (tertiary/aromatic N) is 6. The molecule has 2 heterocycles. The minimum absolute atomic E-state index is 0.153. The molecule has 2 aromatic heterocycles. The lowest BCUT2D eigenvalue weighted by Gasteiger charge is -2.15. The molecule has 0 spiro atoms. The molecule has 0 aliphatic heterocycles. The van der Waals surface area contributed by atoms with Crippen LogP contribution in [0, 0.1) is 0 Å². The molecule has 14 heteroatoms. The SMILES string of the molecule is C[C@@H](OC(=O)CSc1nnc(Br)n1-c1ccc(C2CC2)c2ccccc12)c1ccccc1.C[C@@H](OC(=O)CSc1nnc(Br)n1-c1ccc(C2CC2)c2ccccc12)c1ccccc1. The highest BCUT2D eigenvalue weighted by Gasteiger charge is 2.28. The molecule has 0 unspecified atom stereocenters. The molecule has 64 heavy (non-hydrogen) atoms. The fraction of sp³-hybridized carbons (Fsp3) is 0.240. The fourth-order valence-corrected chi connectivity index (χ4v) is 10.5. The molecular formula is C50H44Br2N6O4S2. The number of thioether (sulfide) groups is 2. The molecule has 2 aliphatic rings. The van der Waals surface area contributed by atoms with Crippen LogP contribution in [0.5, 0.6) is 0 Å². The zero-order valence-corrected chi connectivity index (χ0v) is 39.9. The van der Waals surface area contributed by atoms with E-state index in [-0.39, 0.29) is 35.7 Å². The summed E-state index contributed by atoms with van der Waals surface area (Å²) >= 11 is 9.72. The van der Waals surface area contributed by atoms with Gasteiger partial charge in [0.15, 0.2) is 10.3 Å². The Hall–Kier alpha value is -5.28. The van der Waals surface area contributed by atoms with E-state index >= 15 is 0 Å². The lowest BCUT2D eigenvalue weighted by atomic mass is 9.99. The molecule has 324 valence electrons. The van der Waals surface area contributed by atoms with E-state index in [2.05, 4.69) is 125 Å². The fourth-order valence-electron chi connectivity index (χ4n) is 7.89. The molecular weight excluding hydrogens is 973 g/mol. The molecule has 8 aromatic rings. The van der Waals surface area contributed by atoms with Crippen LogP contribution in [0.1, 0.15) is 85.8 Å². The highest BCUT2D eigenvalue weighted by Crippen LogP contribution is 2.46. The number of aromatic nitrogens is 6. The van der Waals surface area contributed by atoms with Gasteiger partial charge in [0.25, 0.3) is 0 Å². The van der Waals surface area contributed by atoms with Crippen LogP contribution in [0.4, 0.5) is 0 Å². The summed E-state index contributed by atoms with van der Waals surface area (Å²) in [7, 11) is 0. The second-order valence-electron chi connectivity index (χ2n) is 15.8. The van der Waals surface area contributed by atoms with E-state index in [0.717, 1.165) is 33.3 Å². The van der Waals surface area contributed by atoms with E-state index in [4.69, 9.17) is 9.47 Å².